The quantitative estimate of drug-likeness (QED) is 0.901. The normalized spacial score (nSPS) is 12.2. The zero-order valence-corrected chi connectivity index (χ0v) is 12.2. The molecule has 2 aromatic carbocycles. The highest BCUT2D eigenvalue weighted by atomic mass is 79.9. The maximum absolute atomic E-state index is 9.10. The van der Waals surface area contributed by atoms with Crippen molar-refractivity contribution in [1.82, 2.24) is 0 Å². The van der Waals surface area contributed by atoms with Crippen molar-refractivity contribution in [2.45, 2.75) is 19.6 Å². The number of nitrogens with two attached hydrogens (primary N) is 1. The molecule has 0 bridgehead atoms. The molecule has 0 aromatic heterocycles. The number of aliphatic hydroxyl groups excluding tert-OH is 1. The second-order valence-corrected chi connectivity index (χ2v) is 5.24. The van der Waals surface area contributed by atoms with E-state index in [0.717, 1.165) is 21.3 Å². The number of halogens is 1. The van der Waals surface area contributed by atoms with Gasteiger partial charge in [-0.1, -0.05) is 18.2 Å². The van der Waals surface area contributed by atoms with E-state index in [9.17, 15) is 0 Å². The van der Waals surface area contributed by atoms with Crippen LogP contribution in [0, 0.1) is 0 Å². The van der Waals surface area contributed by atoms with Crippen molar-refractivity contribution in [2.24, 2.45) is 5.73 Å². The van der Waals surface area contributed by atoms with Crippen molar-refractivity contribution in [3.8, 4) is 11.5 Å². The number of hydrogen-bond acceptors (Lipinski definition) is 3. The Morgan fingerprint density at radius 1 is 1.26 bits per heavy atom. The van der Waals surface area contributed by atoms with Gasteiger partial charge < -0.3 is 15.6 Å². The van der Waals surface area contributed by atoms with Crippen LogP contribution in [-0.4, -0.2) is 5.11 Å². The molecule has 3 N–H and O–H groups in total. The highest BCUT2D eigenvalue weighted by Crippen LogP contribution is 2.31. The molecular formula is C15H16BrNO2. The molecule has 0 aliphatic carbocycles. The Morgan fingerprint density at radius 2 is 2.05 bits per heavy atom. The van der Waals surface area contributed by atoms with E-state index in [4.69, 9.17) is 15.6 Å². The molecule has 0 fully saturated rings. The van der Waals surface area contributed by atoms with Crippen LogP contribution in [0.1, 0.15) is 24.1 Å². The van der Waals surface area contributed by atoms with Crippen LogP contribution >= 0.6 is 15.9 Å². The molecule has 3 nitrogen and oxygen atoms in total. The van der Waals surface area contributed by atoms with Crippen molar-refractivity contribution in [1.29, 1.82) is 0 Å². The first-order valence-corrected chi connectivity index (χ1v) is 6.82. The van der Waals surface area contributed by atoms with Crippen LogP contribution in [-0.2, 0) is 6.61 Å². The maximum Gasteiger partial charge on any atom is 0.141 e. The number of hydrogen-bond donors (Lipinski definition) is 2. The first-order chi connectivity index (χ1) is 9.10. The van der Waals surface area contributed by atoms with Gasteiger partial charge in [0.1, 0.15) is 11.5 Å². The van der Waals surface area contributed by atoms with Crippen LogP contribution in [0.15, 0.2) is 46.9 Å². The molecule has 100 valence electrons. The van der Waals surface area contributed by atoms with Gasteiger partial charge >= 0.3 is 0 Å². The minimum atomic E-state index is -0.0110. The summed E-state index contributed by atoms with van der Waals surface area (Å²) in [6.07, 6.45) is 0. The summed E-state index contributed by atoms with van der Waals surface area (Å²) in [5, 5.41) is 9.10. The van der Waals surface area contributed by atoms with E-state index in [2.05, 4.69) is 15.9 Å². The summed E-state index contributed by atoms with van der Waals surface area (Å²) >= 11 is 3.48. The monoisotopic (exact) mass is 321 g/mol. The smallest absolute Gasteiger partial charge is 0.141 e. The van der Waals surface area contributed by atoms with E-state index in [1.807, 2.05) is 49.4 Å². The van der Waals surface area contributed by atoms with Gasteiger partial charge in [0.05, 0.1) is 11.1 Å². The second-order valence-electron chi connectivity index (χ2n) is 4.39. The Hall–Kier alpha value is -1.36. The van der Waals surface area contributed by atoms with Gasteiger partial charge in [-0.15, -0.1) is 0 Å². The molecule has 4 heteroatoms. The molecule has 0 saturated heterocycles. The summed E-state index contributed by atoms with van der Waals surface area (Å²) in [5.74, 6) is 1.42. The Kier molecular flexibility index (Phi) is 4.58. The van der Waals surface area contributed by atoms with E-state index < -0.39 is 0 Å². The molecular weight excluding hydrogens is 306 g/mol. The molecule has 2 aromatic rings. The third kappa shape index (κ3) is 3.56. The van der Waals surface area contributed by atoms with Gasteiger partial charge in [-0.25, -0.2) is 0 Å². The van der Waals surface area contributed by atoms with Gasteiger partial charge in [-0.05, 0) is 58.2 Å². The van der Waals surface area contributed by atoms with Crippen LogP contribution in [0.3, 0.4) is 0 Å². The summed E-state index contributed by atoms with van der Waals surface area (Å²) < 4.78 is 6.65. The number of rotatable bonds is 4. The number of benzene rings is 2. The largest absolute Gasteiger partial charge is 0.456 e. The van der Waals surface area contributed by atoms with E-state index >= 15 is 0 Å². The van der Waals surface area contributed by atoms with Crippen molar-refractivity contribution < 1.29 is 9.84 Å². The Bertz CT molecular complexity index is 570. The van der Waals surface area contributed by atoms with Crippen molar-refractivity contribution >= 4 is 15.9 Å². The average Bonchev–Trinajstić information content (AvgIpc) is 2.41. The van der Waals surface area contributed by atoms with Gasteiger partial charge in [0, 0.05) is 6.04 Å². The fraction of sp³-hybridized carbons (Fsp3) is 0.200. The summed E-state index contributed by atoms with van der Waals surface area (Å²) in [6, 6.07) is 13.1. The SMILES string of the molecule is C[C@@H](N)c1ccc(Oc2cccc(CO)c2)c(Br)c1. The maximum atomic E-state index is 9.10. The van der Waals surface area contributed by atoms with Crippen LogP contribution in [0.5, 0.6) is 11.5 Å². The Morgan fingerprint density at radius 3 is 2.68 bits per heavy atom. The summed E-state index contributed by atoms with van der Waals surface area (Å²) in [7, 11) is 0. The number of aliphatic hydroxyl groups is 1. The second kappa shape index (κ2) is 6.19. The minimum Gasteiger partial charge on any atom is -0.456 e. The lowest BCUT2D eigenvalue weighted by Crippen LogP contribution is -2.04. The molecule has 0 unspecified atom stereocenters. The van der Waals surface area contributed by atoms with Crippen molar-refractivity contribution in [3.05, 3.63) is 58.1 Å². The standard InChI is InChI=1S/C15H16BrNO2/c1-10(17)12-5-6-15(14(16)8-12)19-13-4-2-3-11(7-13)9-18/h2-8,10,18H,9,17H2,1H3/t10-/m1/s1. The van der Waals surface area contributed by atoms with Crippen LogP contribution < -0.4 is 10.5 Å². The van der Waals surface area contributed by atoms with Gasteiger partial charge in [0.25, 0.3) is 0 Å². The van der Waals surface area contributed by atoms with Gasteiger partial charge in [-0.3, -0.25) is 0 Å². The summed E-state index contributed by atoms with van der Waals surface area (Å²) in [5.41, 5.74) is 7.70. The fourth-order valence-corrected chi connectivity index (χ4v) is 2.19. The third-order valence-electron chi connectivity index (χ3n) is 2.79. The van der Waals surface area contributed by atoms with Gasteiger partial charge in [0.15, 0.2) is 0 Å². The average molecular weight is 322 g/mol. The van der Waals surface area contributed by atoms with E-state index in [0.29, 0.717) is 5.75 Å². The first kappa shape index (κ1) is 14.1. The zero-order chi connectivity index (χ0) is 13.8. The van der Waals surface area contributed by atoms with Crippen molar-refractivity contribution in [3.63, 3.8) is 0 Å². The fourth-order valence-electron chi connectivity index (χ4n) is 1.72. The zero-order valence-electron chi connectivity index (χ0n) is 10.6. The molecule has 0 radical (unpaired) electrons. The van der Waals surface area contributed by atoms with Gasteiger partial charge in [-0.2, -0.15) is 0 Å². The summed E-state index contributed by atoms with van der Waals surface area (Å²) in [6.45, 7) is 1.94. The Labute approximate surface area is 121 Å². The molecule has 0 amide bonds. The van der Waals surface area contributed by atoms with E-state index in [1.54, 1.807) is 0 Å². The molecule has 0 saturated carbocycles. The predicted octanol–water partition coefficient (Wildman–Crippen LogP) is 3.75. The third-order valence-corrected chi connectivity index (χ3v) is 3.41. The van der Waals surface area contributed by atoms with Crippen LogP contribution in [0.2, 0.25) is 0 Å². The van der Waals surface area contributed by atoms with Gasteiger partial charge in [0.2, 0.25) is 0 Å². The lowest BCUT2D eigenvalue weighted by atomic mass is 10.1. The van der Waals surface area contributed by atoms with Crippen LogP contribution in [0.4, 0.5) is 0 Å². The molecule has 2 rings (SSSR count). The van der Waals surface area contributed by atoms with Crippen LogP contribution in [0.25, 0.3) is 0 Å². The molecule has 0 heterocycles. The molecule has 19 heavy (non-hydrogen) atoms. The highest BCUT2D eigenvalue weighted by molar-refractivity contribution is 9.10. The molecule has 0 aliphatic heterocycles. The molecule has 0 spiro atoms. The number of ether oxygens (including phenoxy) is 1. The summed E-state index contributed by atoms with van der Waals surface area (Å²) in [4.78, 5) is 0. The van der Waals surface area contributed by atoms with Crippen molar-refractivity contribution in [2.75, 3.05) is 0 Å². The predicted molar refractivity (Wildman–Crippen MR) is 79.2 cm³/mol. The first-order valence-electron chi connectivity index (χ1n) is 6.03. The van der Waals surface area contributed by atoms with E-state index in [-0.39, 0.29) is 12.6 Å². The Balaban J connectivity index is 2.23. The highest BCUT2D eigenvalue weighted by Gasteiger charge is 2.07. The topological polar surface area (TPSA) is 55.5 Å². The molecule has 1 atom stereocenters. The molecule has 0 aliphatic rings. The minimum absolute atomic E-state index is 0.00198. The lowest BCUT2D eigenvalue weighted by molar-refractivity contribution is 0.281. The lowest BCUT2D eigenvalue weighted by Gasteiger charge is -2.11. The van der Waals surface area contributed by atoms with E-state index in [1.165, 1.54) is 0 Å².